The lowest BCUT2D eigenvalue weighted by Crippen LogP contribution is -2.08. The van der Waals surface area contributed by atoms with E-state index in [1.54, 1.807) is 25.1 Å². The Labute approximate surface area is 152 Å². The van der Waals surface area contributed by atoms with Crippen molar-refractivity contribution in [2.75, 3.05) is 17.2 Å². The van der Waals surface area contributed by atoms with Crippen LogP contribution in [-0.4, -0.2) is 22.5 Å². The van der Waals surface area contributed by atoms with Crippen molar-refractivity contribution in [3.63, 3.8) is 0 Å². The maximum atomic E-state index is 12.1. The molecule has 0 unspecified atom stereocenters. The van der Waals surface area contributed by atoms with Crippen LogP contribution in [0.15, 0.2) is 67.0 Å². The van der Waals surface area contributed by atoms with Crippen LogP contribution in [0.3, 0.4) is 0 Å². The van der Waals surface area contributed by atoms with Crippen molar-refractivity contribution in [2.24, 2.45) is 0 Å². The van der Waals surface area contributed by atoms with Gasteiger partial charge in [0.1, 0.15) is 18.0 Å². The number of benzene rings is 2. The van der Waals surface area contributed by atoms with E-state index in [1.165, 1.54) is 6.33 Å². The number of esters is 1. The number of rotatable bonds is 7. The fourth-order valence-electron chi connectivity index (χ4n) is 2.43. The second-order valence-electron chi connectivity index (χ2n) is 5.52. The topological polar surface area (TPSA) is 76.1 Å². The van der Waals surface area contributed by atoms with E-state index in [1.807, 2.05) is 42.5 Å². The second-order valence-corrected chi connectivity index (χ2v) is 5.52. The summed E-state index contributed by atoms with van der Waals surface area (Å²) in [6.07, 6.45) is 1.47. The van der Waals surface area contributed by atoms with Gasteiger partial charge in [-0.05, 0) is 24.6 Å². The molecule has 132 valence electrons. The predicted octanol–water partition coefficient (Wildman–Crippen LogP) is 4.01. The lowest BCUT2D eigenvalue weighted by Gasteiger charge is -2.12. The molecule has 0 fully saturated rings. The monoisotopic (exact) mass is 348 g/mol. The van der Waals surface area contributed by atoms with Crippen LogP contribution >= 0.6 is 0 Å². The number of ether oxygens (including phenoxy) is 1. The Hall–Kier alpha value is -3.41. The lowest BCUT2D eigenvalue weighted by atomic mass is 10.2. The van der Waals surface area contributed by atoms with E-state index >= 15 is 0 Å². The van der Waals surface area contributed by atoms with Gasteiger partial charge in [0.15, 0.2) is 0 Å². The number of hydrogen-bond donors (Lipinski definition) is 2. The Bertz CT molecular complexity index is 868. The molecule has 2 aromatic carbocycles. The summed E-state index contributed by atoms with van der Waals surface area (Å²) in [5, 5.41) is 6.42. The molecule has 6 heteroatoms. The van der Waals surface area contributed by atoms with Crippen molar-refractivity contribution >= 4 is 23.3 Å². The summed E-state index contributed by atoms with van der Waals surface area (Å²) < 4.78 is 5.09. The molecule has 0 aliphatic carbocycles. The van der Waals surface area contributed by atoms with Crippen LogP contribution in [0.2, 0.25) is 0 Å². The highest BCUT2D eigenvalue weighted by atomic mass is 16.5. The summed E-state index contributed by atoms with van der Waals surface area (Å²) in [6, 6.07) is 19.0. The first-order chi connectivity index (χ1) is 12.8. The van der Waals surface area contributed by atoms with Crippen molar-refractivity contribution in [2.45, 2.75) is 13.5 Å². The summed E-state index contributed by atoms with van der Waals surface area (Å²) in [6.45, 7) is 2.77. The lowest BCUT2D eigenvalue weighted by molar-refractivity contribution is 0.0527. The fraction of sp³-hybridized carbons (Fsp3) is 0.150. The smallest absolute Gasteiger partial charge is 0.340 e. The van der Waals surface area contributed by atoms with Crippen LogP contribution in [0.25, 0.3) is 0 Å². The molecule has 1 heterocycles. The summed E-state index contributed by atoms with van der Waals surface area (Å²) in [4.78, 5) is 20.5. The first-order valence-electron chi connectivity index (χ1n) is 8.39. The van der Waals surface area contributed by atoms with E-state index in [2.05, 4.69) is 20.6 Å². The Morgan fingerprint density at radius 3 is 2.54 bits per heavy atom. The van der Waals surface area contributed by atoms with Gasteiger partial charge in [0, 0.05) is 12.6 Å². The second kappa shape index (κ2) is 8.62. The first-order valence-corrected chi connectivity index (χ1v) is 8.39. The zero-order chi connectivity index (χ0) is 18.2. The molecule has 26 heavy (non-hydrogen) atoms. The van der Waals surface area contributed by atoms with Crippen LogP contribution in [0, 0.1) is 0 Å². The van der Waals surface area contributed by atoms with Crippen molar-refractivity contribution in [3.05, 3.63) is 78.1 Å². The fourth-order valence-corrected chi connectivity index (χ4v) is 2.43. The van der Waals surface area contributed by atoms with E-state index in [0.29, 0.717) is 36.0 Å². The zero-order valence-corrected chi connectivity index (χ0v) is 14.5. The third kappa shape index (κ3) is 4.57. The molecule has 0 aliphatic heterocycles. The molecule has 0 saturated carbocycles. The molecule has 0 amide bonds. The molecule has 6 nitrogen and oxygen atoms in total. The van der Waals surface area contributed by atoms with Gasteiger partial charge in [-0.2, -0.15) is 0 Å². The average molecular weight is 348 g/mol. The van der Waals surface area contributed by atoms with Crippen LogP contribution in [0.4, 0.5) is 17.3 Å². The summed E-state index contributed by atoms with van der Waals surface area (Å²) in [5.41, 5.74) is 2.26. The standard InChI is InChI=1S/C20H20N4O2/c1-2-26-20(25)16-10-6-7-11-17(16)24-19-12-18(22-14-23-19)21-13-15-8-4-3-5-9-15/h3-12,14H,2,13H2,1H3,(H2,21,22,23,24). The Morgan fingerprint density at radius 2 is 1.73 bits per heavy atom. The van der Waals surface area contributed by atoms with Crippen LogP contribution in [-0.2, 0) is 11.3 Å². The molecular weight excluding hydrogens is 328 g/mol. The van der Waals surface area contributed by atoms with Gasteiger partial charge in [0.25, 0.3) is 0 Å². The van der Waals surface area contributed by atoms with Gasteiger partial charge in [-0.3, -0.25) is 0 Å². The number of carbonyl (C=O) groups excluding carboxylic acids is 1. The van der Waals surface area contributed by atoms with Crippen molar-refractivity contribution in [1.82, 2.24) is 9.97 Å². The van der Waals surface area contributed by atoms with Crippen LogP contribution in [0.1, 0.15) is 22.8 Å². The largest absolute Gasteiger partial charge is 0.462 e. The molecule has 2 N–H and O–H groups in total. The van der Waals surface area contributed by atoms with E-state index in [4.69, 9.17) is 4.74 Å². The normalized spacial score (nSPS) is 10.2. The minimum absolute atomic E-state index is 0.328. The number of hydrogen-bond acceptors (Lipinski definition) is 6. The number of anilines is 3. The van der Waals surface area contributed by atoms with E-state index < -0.39 is 0 Å². The summed E-state index contributed by atoms with van der Waals surface area (Å²) >= 11 is 0. The predicted molar refractivity (Wildman–Crippen MR) is 101 cm³/mol. The minimum Gasteiger partial charge on any atom is -0.462 e. The van der Waals surface area contributed by atoms with Gasteiger partial charge >= 0.3 is 5.97 Å². The number of aromatic nitrogens is 2. The van der Waals surface area contributed by atoms with Crippen molar-refractivity contribution < 1.29 is 9.53 Å². The maximum absolute atomic E-state index is 12.1. The molecular formula is C20H20N4O2. The molecule has 1 aromatic heterocycles. The highest BCUT2D eigenvalue weighted by Crippen LogP contribution is 2.21. The van der Waals surface area contributed by atoms with Crippen LogP contribution < -0.4 is 10.6 Å². The Morgan fingerprint density at radius 1 is 1.00 bits per heavy atom. The molecule has 0 bridgehead atoms. The van der Waals surface area contributed by atoms with Crippen molar-refractivity contribution in [1.29, 1.82) is 0 Å². The summed E-state index contributed by atoms with van der Waals surface area (Å²) in [5.74, 6) is 0.916. The van der Waals surface area contributed by atoms with Gasteiger partial charge in [-0.15, -0.1) is 0 Å². The average Bonchev–Trinajstić information content (AvgIpc) is 2.68. The van der Waals surface area contributed by atoms with Gasteiger partial charge in [0.05, 0.1) is 17.9 Å². The highest BCUT2D eigenvalue weighted by Gasteiger charge is 2.12. The van der Waals surface area contributed by atoms with Gasteiger partial charge < -0.3 is 15.4 Å². The number of nitrogens with one attached hydrogen (secondary N) is 2. The molecule has 3 aromatic rings. The maximum Gasteiger partial charge on any atom is 0.340 e. The molecule has 3 rings (SSSR count). The van der Waals surface area contributed by atoms with Gasteiger partial charge in [-0.1, -0.05) is 42.5 Å². The van der Waals surface area contributed by atoms with E-state index in [9.17, 15) is 4.79 Å². The zero-order valence-electron chi connectivity index (χ0n) is 14.5. The molecule has 0 spiro atoms. The van der Waals surface area contributed by atoms with Crippen molar-refractivity contribution in [3.8, 4) is 0 Å². The Kier molecular flexibility index (Phi) is 5.77. The highest BCUT2D eigenvalue weighted by molar-refractivity contribution is 5.96. The number of carbonyl (C=O) groups is 1. The molecule has 0 aliphatic rings. The SMILES string of the molecule is CCOC(=O)c1ccccc1Nc1cc(NCc2ccccc2)ncn1. The number of para-hydroxylation sites is 1. The van der Waals surface area contributed by atoms with E-state index in [-0.39, 0.29) is 5.97 Å². The first kappa shape index (κ1) is 17.4. The third-order valence-corrected chi connectivity index (χ3v) is 3.67. The van der Waals surface area contributed by atoms with E-state index in [0.717, 1.165) is 5.56 Å². The Balaban J connectivity index is 1.72. The molecule has 0 saturated heterocycles. The molecule has 0 atom stereocenters. The quantitative estimate of drug-likeness (QED) is 0.628. The summed E-state index contributed by atoms with van der Waals surface area (Å²) in [7, 11) is 0. The number of nitrogens with zero attached hydrogens (tertiary/aromatic N) is 2. The van der Waals surface area contributed by atoms with Gasteiger partial charge in [0.2, 0.25) is 0 Å². The van der Waals surface area contributed by atoms with Gasteiger partial charge in [-0.25, -0.2) is 14.8 Å². The minimum atomic E-state index is -0.368. The van der Waals surface area contributed by atoms with Crippen LogP contribution in [0.5, 0.6) is 0 Å². The third-order valence-electron chi connectivity index (χ3n) is 3.67. The molecule has 0 radical (unpaired) electrons.